The smallest absolute Gasteiger partial charge is 0.145 e. The molecule has 0 unspecified atom stereocenters. The first-order valence-electron chi connectivity index (χ1n) is 6.87. The van der Waals surface area contributed by atoms with Gasteiger partial charge in [0.2, 0.25) is 0 Å². The van der Waals surface area contributed by atoms with Crippen LogP contribution in [0.2, 0.25) is 5.02 Å². The molecule has 1 saturated heterocycles. The molecule has 0 aliphatic carbocycles. The first-order valence-corrected chi connectivity index (χ1v) is 7.25. The molecule has 0 amide bonds. The van der Waals surface area contributed by atoms with Crippen molar-refractivity contribution in [2.45, 2.75) is 18.9 Å². The van der Waals surface area contributed by atoms with Gasteiger partial charge < -0.3 is 10.4 Å². The van der Waals surface area contributed by atoms with E-state index in [2.05, 4.69) is 16.8 Å². The van der Waals surface area contributed by atoms with Crippen LogP contribution < -0.4 is 5.32 Å². The maximum Gasteiger partial charge on any atom is 0.145 e. The molecule has 3 nitrogen and oxygen atoms in total. The quantitative estimate of drug-likeness (QED) is 0.820. The topological polar surface area (TPSA) is 35.5 Å². The summed E-state index contributed by atoms with van der Waals surface area (Å²) in [6, 6.07) is 2.99. The number of aromatic hydroxyl groups is 1. The third-order valence-electron chi connectivity index (χ3n) is 3.70. The van der Waals surface area contributed by atoms with Crippen molar-refractivity contribution >= 4 is 11.6 Å². The van der Waals surface area contributed by atoms with Crippen molar-refractivity contribution in [3.8, 4) is 5.75 Å². The van der Waals surface area contributed by atoms with E-state index in [1.165, 1.54) is 6.07 Å². The molecule has 1 aromatic rings. The second-order valence-electron chi connectivity index (χ2n) is 4.97. The highest BCUT2D eigenvalue weighted by Crippen LogP contribution is 2.38. The summed E-state index contributed by atoms with van der Waals surface area (Å²) < 4.78 is 13.4. The Hall–Kier alpha value is -1.10. The molecule has 5 heteroatoms. The van der Waals surface area contributed by atoms with Gasteiger partial charge in [-0.2, -0.15) is 0 Å². The fraction of sp³-hybridized carbons (Fsp3) is 0.467. The monoisotopic (exact) mass is 298 g/mol. The number of nitrogens with one attached hydrogen (secondary N) is 1. The minimum Gasteiger partial charge on any atom is -0.506 e. The number of allylic oxidation sites excluding steroid dienone is 1. The van der Waals surface area contributed by atoms with Crippen molar-refractivity contribution in [1.82, 2.24) is 10.2 Å². The highest BCUT2D eigenvalue weighted by Gasteiger charge is 2.25. The molecule has 0 saturated carbocycles. The number of phenolic OH excluding ortho intramolecular Hbond substituents is 1. The summed E-state index contributed by atoms with van der Waals surface area (Å²) in [4.78, 5) is 2.29. The summed E-state index contributed by atoms with van der Waals surface area (Å²) in [5.41, 5.74) is 0.695. The summed E-state index contributed by atoms with van der Waals surface area (Å²) in [5, 5.41) is 13.2. The molecule has 20 heavy (non-hydrogen) atoms. The second-order valence-corrected chi connectivity index (χ2v) is 5.34. The summed E-state index contributed by atoms with van der Waals surface area (Å²) in [7, 11) is 0. The van der Waals surface area contributed by atoms with E-state index in [1.807, 2.05) is 6.08 Å². The minimum atomic E-state index is -0.587. The first-order chi connectivity index (χ1) is 9.65. The fourth-order valence-corrected chi connectivity index (χ4v) is 2.80. The average Bonchev–Trinajstić information content (AvgIpc) is 2.48. The van der Waals surface area contributed by atoms with E-state index in [1.54, 1.807) is 6.07 Å². The molecule has 2 rings (SSSR count). The lowest BCUT2D eigenvalue weighted by molar-refractivity contribution is 0.163. The Balaban J connectivity index is 2.29. The number of rotatable bonds is 5. The Morgan fingerprint density at radius 1 is 1.45 bits per heavy atom. The third kappa shape index (κ3) is 3.32. The number of nitrogens with zero attached hydrogens (tertiary/aromatic N) is 1. The van der Waals surface area contributed by atoms with Crippen LogP contribution >= 0.6 is 11.6 Å². The number of hydrogen-bond donors (Lipinski definition) is 2. The zero-order chi connectivity index (χ0) is 14.5. The minimum absolute atomic E-state index is 0.0354. The van der Waals surface area contributed by atoms with Crippen molar-refractivity contribution in [3.05, 3.63) is 41.2 Å². The molecule has 1 aliphatic rings. The van der Waals surface area contributed by atoms with Gasteiger partial charge in [0, 0.05) is 37.8 Å². The Kier molecular flexibility index (Phi) is 5.40. The van der Waals surface area contributed by atoms with Crippen LogP contribution in [-0.2, 0) is 0 Å². The number of phenols is 1. The fourth-order valence-electron chi connectivity index (χ4n) is 2.63. The Morgan fingerprint density at radius 2 is 2.15 bits per heavy atom. The molecule has 0 aromatic heterocycles. The van der Waals surface area contributed by atoms with Gasteiger partial charge in [-0.05, 0) is 18.9 Å². The molecule has 1 aliphatic heterocycles. The Labute approximate surface area is 124 Å². The van der Waals surface area contributed by atoms with Crippen LogP contribution in [0.25, 0.3) is 0 Å². The number of benzene rings is 1. The lowest BCUT2D eigenvalue weighted by Crippen LogP contribution is -2.45. The van der Waals surface area contributed by atoms with Crippen LogP contribution in [0.15, 0.2) is 24.8 Å². The molecule has 1 atom stereocenters. The molecule has 1 fully saturated rings. The van der Waals surface area contributed by atoms with Crippen LogP contribution in [0.1, 0.15) is 24.4 Å². The SMILES string of the molecule is C=CCC[C@H](c1ccc(F)c(Cl)c1O)N1CCNCC1. The highest BCUT2D eigenvalue weighted by atomic mass is 35.5. The molecular weight excluding hydrogens is 279 g/mol. The van der Waals surface area contributed by atoms with Gasteiger partial charge in [-0.25, -0.2) is 4.39 Å². The van der Waals surface area contributed by atoms with E-state index in [4.69, 9.17) is 11.6 Å². The van der Waals surface area contributed by atoms with E-state index < -0.39 is 5.82 Å². The van der Waals surface area contributed by atoms with Gasteiger partial charge in [0.25, 0.3) is 0 Å². The summed E-state index contributed by atoms with van der Waals surface area (Å²) in [6.07, 6.45) is 3.53. The predicted molar refractivity (Wildman–Crippen MR) is 79.7 cm³/mol. The van der Waals surface area contributed by atoms with Crippen molar-refractivity contribution in [1.29, 1.82) is 0 Å². The molecule has 1 heterocycles. The summed E-state index contributed by atoms with van der Waals surface area (Å²) >= 11 is 5.82. The molecule has 0 spiro atoms. The van der Waals surface area contributed by atoms with Crippen LogP contribution in [0.5, 0.6) is 5.75 Å². The molecule has 2 N–H and O–H groups in total. The standard InChI is InChI=1S/C15H20ClFN2O/c1-2-3-4-13(19-9-7-18-8-10-19)11-5-6-12(17)14(16)15(11)20/h2,5-6,13,18,20H,1,3-4,7-10H2/t13-/m1/s1. The Morgan fingerprint density at radius 3 is 2.80 bits per heavy atom. The maximum atomic E-state index is 13.4. The van der Waals surface area contributed by atoms with Crippen molar-refractivity contribution in [2.75, 3.05) is 26.2 Å². The van der Waals surface area contributed by atoms with E-state index in [0.29, 0.717) is 5.56 Å². The van der Waals surface area contributed by atoms with Gasteiger partial charge in [-0.15, -0.1) is 6.58 Å². The van der Waals surface area contributed by atoms with E-state index in [9.17, 15) is 9.50 Å². The van der Waals surface area contributed by atoms with Gasteiger partial charge in [0.05, 0.1) is 0 Å². The molecule has 110 valence electrons. The van der Waals surface area contributed by atoms with Crippen LogP contribution in [0.4, 0.5) is 4.39 Å². The van der Waals surface area contributed by atoms with Crippen LogP contribution in [-0.4, -0.2) is 36.2 Å². The summed E-state index contributed by atoms with van der Waals surface area (Å²) in [6.45, 7) is 7.38. The van der Waals surface area contributed by atoms with Gasteiger partial charge in [-0.1, -0.05) is 23.7 Å². The van der Waals surface area contributed by atoms with Crippen molar-refractivity contribution < 1.29 is 9.50 Å². The summed E-state index contributed by atoms with van der Waals surface area (Å²) in [5.74, 6) is -0.727. The van der Waals surface area contributed by atoms with Crippen molar-refractivity contribution in [2.24, 2.45) is 0 Å². The maximum absolute atomic E-state index is 13.4. The average molecular weight is 299 g/mol. The first kappa shape index (κ1) is 15.3. The van der Waals surface area contributed by atoms with E-state index >= 15 is 0 Å². The third-order valence-corrected chi connectivity index (χ3v) is 4.06. The van der Waals surface area contributed by atoms with Crippen LogP contribution in [0, 0.1) is 5.82 Å². The molecule has 0 radical (unpaired) electrons. The zero-order valence-electron chi connectivity index (χ0n) is 11.4. The molecular formula is C15H20ClFN2O. The lowest BCUT2D eigenvalue weighted by Gasteiger charge is -2.35. The second kappa shape index (κ2) is 7.07. The van der Waals surface area contributed by atoms with Gasteiger partial charge in [-0.3, -0.25) is 4.90 Å². The predicted octanol–water partition coefficient (Wildman–Crippen LogP) is 3.10. The molecule has 1 aromatic carbocycles. The number of piperazine rings is 1. The van der Waals surface area contributed by atoms with Crippen LogP contribution in [0.3, 0.4) is 0 Å². The molecule has 0 bridgehead atoms. The van der Waals surface area contributed by atoms with E-state index in [0.717, 1.165) is 39.0 Å². The van der Waals surface area contributed by atoms with Gasteiger partial charge >= 0.3 is 0 Å². The highest BCUT2D eigenvalue weighted by molar-refractivity contribution is 6.32. The normalized spacial score (nSPS) is 17.9. The number of hydrogen-bond acceptors (Lipinski definition) is 3. The number of halogens is 2. The van der Waals surface area contributed by atoms with Gasteiger partial charge in [0.1, 0.15) is 16.6 Å². The van der Waals surface area contributed by atoms with E-state index in [-0.39, 0.29) is 16.8 Å². The van der Waals surface area contributed by atoms with Crippen molar-refractivity contribution in [3.63, 3.8) is 0 Å². The zero-order valence-corrected chi connectivity index (χ0v) is 12.2. The largest absolute Gasteiger partial charge is 0.506 e. The Bertz CT molecular complexity index is 475. The van der Waals surface area contributed by atoms with Gasteiger partial charge in [0.15, 0.2) is 0 Å². The lowest BCUT2D eigenvalue weighted by atomic mass is 9.98.